The van der Waals surface area contributed by atoms with Gasteiger partial charge in [0.25, 0.3) is 0 Å². The van der Waals surface area contributed by atoms with E-state index in [1.165, 1.54) is 85.9 Å². The van der Waals surface area contributed by atoms with Crippen molar-refractivity contribution in [1.82, 2.24) is 0 Å². The van der Waals surface area contributed by atoms with Crippen LogP contribution in [0.2, 0.25) is 8.87 Å². The quantitative estimate of drug-likeness (QED) is 0.197. The van der Waals surface area contributed by atoms with E-state index in [4.69, 9.17) is 3.07 Å². The van der Waals surface area contributed by atoms with Gasteiger partial charge in [-0.15, -0.1) is 0 Å². The Hall–Kier alpha value is 0.759. The summed E-state index contributed by atoms with van der Waals surface area (Å²) in [7, 11) is 0. The summed E-state index contributed by atoms with van der Waals surface area (Å²) in [6.45, 7) is 9.23. The van der Waals surface area contributed by atoms with Gasteiger partial charge >= 0.3 is 143 Å². The van der Waals surface area contributed by atoms with E-state index in [1.807, 2.05) is 0 Å². The summed E-state index contributed by atoms with van der Waals surface area (Å²) >= 11 is -1.55. The molecule has 0 atom stereocenters. The van der Waals surface area contributed by atoms with E-state index < -0.39 is 20.2 Å². The first-order valence-corrected chi connectivity index (χ1v) is 15.0. The van der Waals surface area contributed by atoms with Crippen molar-refractivity contribution >= 4 is 20.2 Å². The predicted molar refractivity (Wildman–Crippen MR) is 98.3 cm³/mol. The average Bonchev–Trinajstić information content (AvgIpc) is 2.50. The van der Waals surface area contributed by atoms with Gasteiger partial charge in [0.1, 0.15) is 0 Å². The fourth-order valence-corrected chi connectivity index (χ4v) is 9.83. The molecule has 2 heteroatoms. The molecule has 1 nitrogen and oxygen atoms in total. The van der Waals surface area contributed by atoms with E-state index in [1.54, 1.807) is 0 Å². The molecule has 0 aliphatic rings. The van der Waals surface area contributed by atoms with Crippen molar-refractivity contribution in [3.63, 3.8) is 0 Å². The molecule has 0 aromatic carbocycles. The van der Waals surface area contributed by atoms with Crippen LogP contribution in [0.25, 0.3) is 0 Å². The van der Waals surface area contributed by atoms with Crippen molar-refractivity contribution in [1.29, 1.82) is 0 Å². The van der Waals surface area contributed by atoms with E-state index in [2.05, 4.69) is 27.7 Å². The molecular weight excluding hydrogens is 363 g/mol. The molecule has 1 radical (unpaired) electrons. The second-order valence-corrected chi connectivity index (χ2v) is 13.1. The molecule has 0 bridgehead atoms. The van der Waals surface area contributed by atoms with Gasteiger partial charge in [-0.25, -0.2) is 0 Å². The molecule has 0 unspecified atom stereocenters. The summed E-state index contributed by atoms with van der Waals surface area (Å²) in [6.07, 6.45) is 17.0. The van der Waals surface area contributed by atoms with Gasteiger partial charge in [0.15, 0.2) is 0 Å². The van der Waals surface area contributed by atoms with E-state index in [-0.39, 0.29) is 0 Å². The van der Waals surface area contributed by atoms with Crippen LogP contribution < -0.4 is 0 Å². The minimum absolute atomic E-state index is 0.613. The van der Waals surface area contributed by atoms with Crippen LogP contribution in [-0.2, 0) is 3.07 Å². The van der Waals surface area contributed by atoms with Gasteiger partial charge in [-0.1, -0.05) is 0 Å². The molecular formula is C19H41OSn. The van der Waals surface area contributed by atoms with Gasteiger partial charge in [0.05, 0.1) is 0 Å². The molecule has 21 heavy (non-hydrogen) atoms. The van der Waals surface area contributed by atoms with Gasteiger partial charge in [-0.05, 0) is 0 Å². The van der Waals surface area contributed by atoms with Crippen LogP contribution >= 0.6 is 0 Å². The Kier molecular flexibility index (Phi) is 17.7. The summed E-state index contributed by atoms with van der Waals surface area (Å²) in [4.78, 5) is 0. The monoisotopic (exact) mass is 405 g/mol. The molecule has 0 saturated carbocycles. The fraction of sp³-hybridized carbons (Fsp3) is 1.00. The molecule has 0 spiro atoms. The predicted octanol–water partition coefficient (Wildman–Crippen LogP) is 7.12. The standard InChI is InChI=1S/C9H19O.2C5H11.Sn/c1-3-5-7-9(10)8-6-4-2;2*1-3-5-4-2;/h9H,3-8H2,1-2H3;2*1,3-5H2,2H3;/q-1;;;+1. The third kappa shape index (κ3) is 14.1. The Morgan fingerprint density at radius 1 is 0.619 bits per heavy atom. The number of hydrogen-bond acceptors (Lipinski definition) is 1. The zero-order valence-electron chi connectivity index (χ0n) is 15.4. The van der Waals surface area contributed by atoms with Gasteiger partial charge in [-0.3, -0.25) is 0 Å². The van der Waals surface area contributed by atoms with Crippen molar-refractivity contribution in [2.45, 2.75) is 120 Å². The van der Waals surface area contributed by atoms with Gasteiger partial charge < -0.3 is 0 Å². The van der Waals surface area contributed by atoms with E-state index >= 15 is 0 Å². The zero-order valence-corrected chi connectivity index (χ0v) is 18.2. The van der Waals surface area contributed by atoms with Crippen LogP contribution in [0, 0.1) is 0 Å². The summed E-state index contributed by atoms with van der Waals surface area (Å²) in [5.74, 6) is 0. The summed E-state index contributed by atoms with van der Waals surface area (Å²) in [5, 5.41) is 0. The fourth-order valence-electron chi connectivity index (χ4n) is 2.75. The van der Waals surface area contributed by atoms with E-state index in [9.17, 15) is 0 Å². The Morgan fingerprint density at radius 3 is 1.43 bits per heavy atom. The molecule has 127 valence electrons. The van der Waals surface area contributed by atoms with Crippen LogP contribution in [0.4, 0.5) is 0 Å². The second-order valence-electron chi connectivity index (χ2n) is 6.48. The third-order valence-electron chi connectivity index (χ3n) is 4.21. The van der Waals surface area contributed by atoms with Crippen LogP contribution in [0.15, 0.2) is 0 Å². The molecule has 0 aliphatic heterocycles. The number of unbranched alkanes of at least 4 members (excludes halogenated alkanes) is 6. The summed E-state index contributed by atoms with van der Waals surface area (Å²) < 4.78 is 9.71. The molecule has 0 saturated heterocycles. The summed E-state index contributed by atoms with van der Waals surface area (Å²) in [5.41, 5.74) is 0. The molecule has 0 rings (SSSR count). The van der Waals surface area contributed by atoms with E-state index in [0.717, 1.165) is 0 Å². The van der Waals surface area contributed by atoms with Gasteiger partial charge in [0, 0.05) is 0 Å². The number of rotatable bonds is 16. The average molecular weight is 404 g/mol. The van der Waals surface area contributed by atoms with Crippen molar-refractivity contribution in [2.75, 3.05) is 0 Å². The maximum atomic E-state index is 6.74. The maximum absolute atomic E-state index is 6.74. The molecule has 0 N–H and O–H groups in total. The van der Waals surface area contributed by atoms with Crippen molar-refractivity contribution in [3.8, 4) is 0 Å². The van der Waals surface area contributed by atoms with Gasteiger partial charge in [0.2, 0.25) is 0 Å². The molecule has 0 amide bonds. The van der Waals surface area contributed by atoms with Crippen LogP contribution in [0.1, 0.15) is 105 Å². The zero-order chi connectivity index (χ0) is 15.8. The van der Waals surface area contributed by atoms with Gasteiger partial charge in [-0.2, -0.15) is 0 Å². The SMILES string of the molecule is CCCC[CH2][Sn]([CH2]CCCC)[O]C(CCCC)CCCC. The molecule has 0 aromatic heterocycles. The molecule has 0 aromatic rings. The Labute approximate surface area is 142 Å². The first-order chi connectivity index (χ1) is 10.3. The number of hydrogen-bond donors (Lipinski definition) is 0. The molecule has 0 heterocycles. The summed E-state index contributed by atoms with van der Waals surface area (Å²) in [6, 6.07) is 0. The van der Waals surface area contributed by atoms with Crippen molar-refractivity contribution in [3.05, 3.63) is 0 Å². The second kappa shape index (κ2) is 17.1. The topological polar surface area (TPSA) is 9.23 Å². The van der Waals surface area contributed by atoms with Crippen LogP contribution in [0.5, 0.6) is 0 Å². The molecule has 0 aliphatic carbocycles. The Balaban J connectivity index is 4.23. The minimum atomic E-state index is -1.55. The Morgan fingerprint density at radius 2 is 1.05 bits per heavy atom. The van der Waals surface area contributed by atoms with Crippen LogP contribution in [0.3, 0.4) is 0 Å². The van der Waals surface area contributed by atoms with Crippen molar-refractivity contribution in [2.24, 2.45) is 0 Å². The first kappa shape index (κ1) is 21.8. The Bertz CT molecular complexity index is 178. The first-order valence-electron chi connectivity index (χ1n) is 9.79. The van der Waals surface area contributed by atoms with E-state index in [0.29, 0.717) is 6.10 Å². The normalized spacial score (nSPS) is 11.7. The third-order valence-corrected chi connectivity index (χ3v) is 11.3. The van der Waals surface area contributed by atoms with Crippen molar-refractivity contribution < 1.29 is 3.07 Å². The van der Waals surface area contributed by atoms with Crippen LogP contribution in [-0.4, -0.2) is 26.3 Å². The molecule has 0 fully saturated rings.